The van der Waals surface area contributed by atoms with Crippen LogP contribution in [0.5, 0.6) is 0 Å². The lowest BCUT2D eigenvalue weighted by Gasteiger charge is -2.20. The molecule has 0 aliphatic heterocycles. The molecule has 1 aromatic heterocycles. The average molecular weight is 385 g/mol. The second-order valence-electron chi connectivity index (χ2n) is 7.71. The number of nitrogens with two attached hydrogens (primary N) is 1. The van der Waals surface area contributed by atoms with Gasteiger partial charge in [-0.1, -0.05) is 63.6 Å². The zero-order valence-electron chi connectivity index (χ0n) is 16.3. The van der Waals surface area contributed by atoms with Gasteiger partial charge in [-0.2, -0.15) is 0 Å². The summed E-state index contributed by atoms with van der Waals surface area (Å²) in [6, 6.07) is 14.3. The van der Waals surface area contributed by atoms with Crippen LogP contribution in [-0.2, 0) is 6.54 Å². The Morgan fingerprint density at radius 2 is 1.70 bits per heavy atom. The molecule has 0 saturated heterocycles. The molecule has 0 bridgehead atoms. The van der Waals surface area contributed by atoms with Crippen molar-refractivity contribution in [2.75, 3.05) is 0 Å². The summed E-state index contributed by atoms with van der Waals surface area (Å²) in [5.74, 6) is 1.65. The molecule has 27 heavy (non-hydrogen) atoms. The van der Waals surface area contributed by atoms with Crippen molar-refractivity contribution in [2.45, 2.75) is 46.2 Å². The van der Waals surface area contributed by atoms with Crippen molar-refractivity contribution in [3.05, 3.63) is 74.8 Å². The molecule has 3 N–H and O–H groups in total. The van der Waals surface area contributed by atoms with E-state index in [1.807, 2.05) is 0 Å². The largest absolute Gasteiger partial charge is 0.334 e. The molecule has 4 nitrogen and oxygen atoms in total. The first-order valence-corrected chi connectivity index (χ1v) is 9.84. The number of quaternary nitrogens is 1. The van der Waals surface area contributed by atoms with Crippen LogP contribution >= 0.6 is 11.6 Å². The van der Waals surface area contributed by atoms with E-state index in [0.29, 0.717) is 46.2 Å². The van der Waals surface area contributed by atoms with Crippen LogP contribution in [0.15, 0.2) is 47.3 Å². The van der Waals surface area contributed by atoms with Crippen LogP contribution in [0.1, 0.15) is 56.6 Å². The highest BCUT2D eigenvalue weighted by Gasteiger charge is 2.20. The Labute approximate surface area is 165 Å². The molecule has 3 rings (SSSR count). The highest BCUT2D eigenvalue weighted by atomic mass is 35.5. The molecule has 3 aromatic rings. The van der Waals surface area contributed by atoms with E-state index in [9.17, 15) is 4.79 Å². The van der Waals surface area contributed by atoms with Crippen molar-refractivity contribution in [1.82, 2.24) is 9.97 Å². The van der Waals surface area contributed by atoms with Gasteiger partial charge in [0, 0.05) is 16.5 Å². The lowest BCUT2D eigenvalue weighted by Crippen LogP contribution is -2.85. The Balaban J connectivity index is 1.82. The van der Waals surface area contributed by atoms with Crippen LogP contribution < -0.4 is 10.9 Å². The second-order valence-corrected chi connectivity index (χ2v) is 8.14. The molecule has 1 atom stereocenters. The maximum absolute atomic E-state index is 12.3. The molecule has 0 amide bonds. The first-order valence-electron chi connectivity index (χ1n) is 9.46. The smallest absolute Gasteiger partial charge is 0.258 e. The monoisotopic (exact) mass is 384 g/mol. The number of H-pyrrole nitrogens is 1. The third-order valence-electron chi connectivity index (χ3n) is 4.99. The van der Waals surface area contributed by atoms with Gasteiger partial charge >= 0.3 is 0 Å². The Bertz CT molecular complexity index is 977. The van der Waals surface area contributed by atoms with Gasteiger partial charge in [-0.15, -0.1) is 0 Å². The molecule has 0 aliphatic rings. The number of halogens is 1. The van der Waals surface area contributed by atoms with E-state index >= 15 is 0 Å². The minimum Gasteiger partial charge on any atom is -0.334 e. The van der Waals surface area contributed by atoms with Crippen molar-refractivity contribution in [3.63, 3.8) is 0 Å². The molecule has 0 fully saturated rings. The van der Waals surface area contributed by atoms with E-state index in [1.54, 1.807) is 18.2 Å². The van der Waals surface area contributed by atoms with Gasteiger partial charge in [0.1, 0.15) is 12.6 Å². The van der Waals surface area contributed by atoms with Gasteiger partial charge in [0.05, 0.1) is 10.9 Å². The number of benzene rings is 2. The van der Waals surface area contributed by atoms with Crippen molar-refractivity contribution in [2.24, 2.45) is 5.92 Å². The molecule has 5 heteroatoms. The van der Waals surface area contributed by atoms with E-state index in [-0.39, 0.29) is 5.56 Å². The third kappa shape index (κ3) is 4.57. The standard InChI is InChI=1S/C22H26ClN3O/c1-13(2)15-5-7-16(8-6-15)21(14(3)4)24-12-20-25-19-11-17(23)9-10-18(19)22(27)26-20/h5-11,13-14,21,24H,12H2,1-4H3,(H,25,26,27)/p+1/t21-/m1/s1. The molecule has 0 saturated carbocycles. The Kier molecular flexibility index (Phi) is 5.98. The lowest BCUT2D eigenvalue weighted by atomic mass is 9.93. The van der Waals surface area contributed by atoms with E-state index in [2.05, 4.69) is 67.2 Å². The lowest BCUT2D eigenvalue weighted by molar-refractivity contribution is -0.718. The molecule has 0 radical (unpaired) electrons. The zero-order valence-corrected chi connectivity index (χ0v) is 17.0. The fourth-order valence-corrected chi connectivity index (χ4v) is 3.56. The minimum absolute atomic E-state index is 0.123. The Morgan fingerprint density at radius 1 is 1.04 bits per heavy atom. The van der Waals surface area contributed by atoms with Crippen molar-refractivity contribution in [3.8, 4) is 0 Å². The van der Waals surface area contributed by atoms with Gasteiger partial charge in [0.15, 0.2) is 5.82 Å². The van der Waals surface area contributed by atoms with Crippen molar-refractivity contribution >= 4 is 22.5 Å². The predicted octanol–water partition coefficient (Wildman–Crippen LogP) is 4.16. The summed E-state index contributed by atoms with van der Waals surface area (Å²) in [5, 5.41) is 3.39. The first-order chi connectivity index (χ1) is 12.8. The molecule has 0 unspecified atom stereocenters. The van der Waals surface area contributed by atoms with Gasteiger partial charge in [-0.3, -0.25) is 4.79 Å². The van der Waals surface area contributed by atoms with E-state index in [0.717, 1.165) is 0 Å². The molecule has 0 spiro atoms. The Morgan fingerprint density at radius 3 is 2.33 bits per heavy atom. The number of nitrogens with zero attached hydrogens (tertiary/aromatic N) is 1. The van der Waals surface area contributed by atoms with Crippen LogP contribution in [0, 0.1) is 5.92 Å². The second kappa shape index (κ2) is 8.24. The summed E-state index contributed by atoms with van der Waals surface area (Å²) < 4.78 is 0. The van der Waals surface area contributed by atoms with E-state index in [4.69, 9.17) is 11.6 Å². The van der Waals surface area contributed by atoms with Gasteiger partial charge in [0.2, 0.25) is 0 Å². The molecule has 0 aliphatic carbocycles. The quantitative estimate of drug-likeness (QED) is 0.670. The van der Waals surface area contributed by atoms with Gasteiger partial charge in [0.25, 0.3) is 5.56 Å². The topological polar surface area (TPSA) is 62.4 Å². The zero-order chi connectivity index (χ0) is 19.6. The maximum atomic E-state index is 12.3. The number of aromatic amines is 1. The normalized spacial score (nSPS) is 12.9. The fraction of sp³-hybridized carbons (Fsp3) is 0.364. The summed E-state index contributed by atoms with van der Waals surface area (Å²) >= 11 is 6.05. The van der Waals surface area contributed by atoms with Crippen LogP contribution in [0.4, 0.5) is 0 Å². The van der Waals surface area contributed by atoms with Crippen LogP contribution in [0.3, 0.4) is 0 Å². The number of fused-ring (bicyclic) bond motifs is 1. The number of aromatic nitrogens is 2. The predicted molar refractivity (Wildman–Crippen MR) is 111 cm³/mol. The molecular formula is C22H27ClN3O+. The van der Waals surface area contributed by atoms with Gasteiger partial charge < -0.3 is 10.3 Å². The van der Waals surface area contributed by atoms with Gasteiger partial charge in [-0.05, 0) is 29.7 Å². The summed E-state index contributed by atoms with van der Waals surface area (Å²) in [6.45, 7) is 9.44. The number of nitrogens with one attached hydrogen (secondary N) is 1. The summed E-state index contributed by atoms with van der Waals surface area (Å²) in [4.78, 5) is 19.8. The first kappa shape index (κ1) is 19.6. The maximum Gasteiger partial charge on any atom is 0.258 e. The summed E-state index contributed by atoms with van der Waals surface area (Å²) in [6.07, 6.45) is 0. The average Bonchev–Trinajstić information content (AvgIpc) is 2.61. The fourth-order valence-electron chi connectivity index (χ4n) is 3.39. The van der Waals surface area contributed by atoms with Crippen LogP contribution in [-0.4, -0.2) is 9.97 Å². The van der Waals surface area contributed by atoms with Gasteiger partial charge in [-0.25, -0.2) is 4.98 Å². The number of hydrogen-bond acceptors (Lipinski definition) is 2. The molecule has 1 heterocycles. The van der Waals surface area contributed by atoms with Crippen molar-refractivity contribution < 1.29 is 5.32 Å². The van der Waals surface area contributed by atoms with E-state index in [1.165, 1.54) is 11.1 Å². The highest BCUT2D eigenvalue weighted by Crippen LogP contribution is 2.21. The number of rotatable bonds is 6. The molecule has 142 valence electrons. The van der Waals surface area contributed by atoms with Crippen molar-refractivity contribution in [1.29, 1.82) is 0 Å². The molecular weight excluding hydrogens is 358 g/mol. The Hall–Kier alpha value is -2.17. The van der Waals surface area contributed by atoms with E-state index < -0.39 is 0 Å². The van der Waals surface area contributed by atoms with Crippen LogP contribution in [0.25, 0.3) is 10.9 Å². The number of hydrogen-bond donors (Lipinski definition) is 2. The summed E-state index contributed by atoms with van der Waals surface area (Å²) in [5.41, 5.74) is 3.15. The van der Waals surface area contributed by atoms with Crippen LogP contribution in [0.2, 0.25) is 5.02 Å². The SMILES string of the molecule is CC(C)c1ccc([C@H]([NH2+]Cc2nc3cc(Cl)ccc3c(=O)[nH]2)C(C)C)cc1. The minimum atomic E-state index is -0.123. The highest BCUT2D eigenvalue weighted by molar-refractivity contribution is 6.31. The summed E-state index contributed by atoms with van der Waals surface area (Å²) in [7, 11) is 0. The molecule has 2 aromatic carbocycles. The third-order valence-corrected chi connectivity index (χ3v) is 5.22.